The van der Waals surface area contributed by atoms with Crippen LogP contribution in [0.15, 0.2) is 36.4 Å². The Morgan fingerprint density at radius 2 is 1.72 bits per heavy atom. The number of aryl methyl sites for hydroxylation is 1. The van der Waals surface area contributed by atoms with Crippen LogP contribution in [-0.4, -0.2) is 19.3 Å². The van der Waals surface area contributed by atoms with Gasteiger partial charge in [-0.2, -0.15) is 0 Å². The lowest BCUT2D eigenvalue weighted by Crippen LogP contribution is -2.04. The average molecular weight is 345 g/mol. The second kappa shape index (κ2) is 13.0. The van der Waals surface area contributed by atoms with Gasteiger partial charge in [-0.1, -0.05) is 63.3 Å². The summed E-state index contributed by atoms with van der Waals surface area (Å²) in [7, 11) is 0. The Morgan fingerprint density at radius 3 is 2.44 bits per heavy atom. The Morgan fingerprint density at radius 1 is 1.00 bits per heavy atom. The second-order valence-electron chi connectivity index (χ2n) is 7.19. The molecule has 0 saturated carbocycles. The Labute approximate surface area is 154 Å². The summed E-state index contributed by atoms with van der Waals surface area (Å²) in [5, 5.41) is 0. The minimum atomic E-state index is 0.328. The molecule has 1 atom stereocenters. The summed E-state index contributed by atoms with van der Waals surface area (Å²) in [5.41, 5.74) is 1.39. The van der Waals surface area contributed by atoms with E-state index in [1.807, 2.05) is 6.07 Å². The van der Waals surface area contributed by atoms with Crippen molar-refractivity contribution < 1.29 is 9.47 Å². The normalized spacial score (nSPS) is 16.4. The van der Waals surface area contributed by atoms with Crippen LogP contribution in [0.3, 0.4) is 0 Å². The molecule has 1 unspecified atom stereocenters. The molecule has 25 heavy (non-hydrogen) atoms. The Bertz CT molecular complexity index is 477. The summed E-state index contributed by atoms with van der Waals surface area (Å²) < 4.78 is 10.9. The van der Waals surface area contributed by atoms with Crippen molar-refractivity contribution in [3.63, 3.8) is 0 Å². The zero-order valence-electron chi connectivity index (χ0n) is 16.1. The molecule has 0 radical (unpaired) electrons. The van der Waals surface area contributed by atoms with Crippen molar-refractivity contribution >= 4 is 0 Å². The molecule has 2 nitrogen and oxygen atoms in total. The minimum absolute atomic E-state index is 0.328. The molecule has 1 saturated heterocycles. The molecule has 1 heterocycles. The molecule has 1 fully saturated rings. The van der Waals surface area contributed by atoms with Gasteiger partial charge in [-0.05, 0) is 56.2 Å². The molecule has 0 N–H and O–H groups in total. The van der Waals surface area contributed by atoms with Crippen molar-refractivity contribution in [1.29, 1.82) is 0 Å². The number of epoxide rings is 1. The minimum Gasteiger partial charge on any atom is -0.491 e. The maximum Gasteiger partial charge on any atom is 0.119 e. The van der Waals surface area contributed by atoms with E-state index in [0.29, 0.717) is 12.7 Å². The van der Waals surface area contributed by atoms with Crippen molar-refractivity contribution in [2.24, 2.45) is 0 Å². The lowest BCUT2D eigenvalue weighted by atomic mass is 10.0. The van der Waals surface area contributed by atoms with Crippen LogP contribution in [0.25, 0.3) is 0 Å². The van der Waals surface area contributed by atoms with Gasteiger partial charge in [0.15, 0.2) is 0 Å². The third-order valence-corrected chi connectivity index (χ3v) is 4.71. The molecular weight excluding hydrogens is 308 g/mol. The molecule has 2 heteroatoms. The van der Waals surface area contributed by atoms with Gasteiger partial charge in [-0.25, -0.2) is 0 Å². The zero-order chi connectivity index (χ0) is 17.6. The first-order valence-corrected chi connectivity index (χ1v) is 10.4. The Balaban J connectivity index is 1.44. The molecule has 1 aromatic carbocycles. The molecule has 1 aromatic rings. The van der Waals surface area contributed by atoms with Crippen molar-refractivity contribution in [3.05, 3.63) is 42.0 Å². The van der Waals surface area contributed by atoms with Crippen molar-refractivity contribution in [3.8, 4) is 5.75 Å². The highest BCUT2D eigenvalue weighted by atomic mass is 16.6. The molecule has 0 spiro atoms. The number of rotatable bonds is 15. The summed E-state index contributed by atoms with van der Waals surface area (Å²) in [6.45, 7) is 3.81. The summed E-state index contributed by atoms with van der Waals surface area (Å²) in [5.74, 6) is 0.983. The van der Waals surface area contributed by atoms with E-state index < -0.39 is 0 Å². The summed E-state index contributed by atoms with van der Waals surface area (Å²) in [4.78, 5) is 0. The van der Waals surface area contributed by atoms with E-state index in [-0.39, 0.29) is 0 Å². The zero-order valence-corrected chi connectivity index (χ0v) is 16.1. The molecule has 1 aliphatic heterocycles. The molecule has 0 aromatic heterocycles. The average Bonchev–Trinajstić information content (AvgIpc) is 3.46. The predicted molar refractivity (Wildman–Crippen MR) is 106 cm³/mol. The molecule has 1 aliphatic rings. The Kier molecular flexibility index (Phi) is 10.4. The van der Waals surface area contributed by atoms with Gasteiger partial charge in [-0.15, -0.1) is 0 Å². The quantitative estimate of drug-likeness (QED) is 0.206. The number of hydrogen-bond acceptors (Lipinski definition) is 2. The first-order chi connectivity index (χ1) is 12.4. The lowest BCUT2D eigenvalue weighted by Gasteiger charge is -2.07. The fourth-order valence-corrected chi connectivity index (χ4v) is 3.01. The Hall–Kier alpha value is -1.28. The smallest absolute Gasteiger partial charge is 0.119 e. The number of benzene rings is 1. The van der Waals surface area contributed by atoms with Gasteiger partial charge in [0.25, 0.3) is 0 Å². The van der Waals surface area contributed by atoms with Crippen molar-refractivity contribution in [2.75, 3.05) is 13.2 Å². The third-order valence-electron chi connectivity index (χ3n) is 4.71. The molecule has 0 aliphatic carbocycles. The van der Waals surface area contributed by atoms with E-state index in [9.17, 15) is 0 Å². The second-order valence-corrected chi connectivity index (χ2v) is 7.19. The van der Waals surface area contributed by atoms with E-state index in [4.69, 9.17) is 9.47 Å². The molecule has 2 rings (SSSR count). The molecule has 0 amide bonds. The van der Waals surface area contributed by atoms with Gasteiger partial charge in [0, 0.05) is 0 Å². The summed E-state index contributed by atoms with van der Waals surface area (Å²) in [6.07, 6.45) is 19.5. The highest BCUT2D eigenvalue weighted by Crippen LogP contribution is 2.18. The topological polar surface area (TPSA) is 21.8 Å². The number of unbranched alkanes of at least 4 members (excludes halogenated alkanes) is 8. The highest BCUT2D eigenvalue weighted by molar-refractivity contribution is 5.28. The van der Waals surface area contributed by atoms with Gasteiger partial charge in [0.2, 0.25) is 0 Å². The van der Waals surface area contributed by atoms with E-state index >= 15 is 0 Å². The lowest BCUT2D eigenvalue weighted by molar-refractivity contribution is 0.263. The first-order valence-electron chi connectivity index (χ1n) is 10.4. The molecule has 0 bridgehead atoms. The number of ether oxygens (including phenoxy) is 2. The van der Waals surface area contributed by atoms with Crippen molar-refractivity contribution in [1.82, 2.24) is 0 Å². The van der Waals surface area contributed by atoms with Crippen LogP contribution >= 0.6 is 0 Å². The van der Waals surface area contributed by atoms with Crippen LogP contribution in [0.1, 0.15) is 76.7 Å². The van der Waals surface area contributed by atoms with Crippen LogP contribution in [0.2, 0.25) is 0 Å². The van der Waals surface area contributed by atoms with Gasteiger partial charge >= 0.3 is 0 Å². The van der Waals surface area contributed by atoms with Crippen LogP contribution in [-0.2, 0) is 11.2 Å². The third kappa shape index (κ3) is 10.3. The van der Waals surface area contributed by atoms with E-state index in [1.54, 1.807) is 0 Å². The standard InChI is InChI=1S/C23H36O2/c1-2-3-4-5-6-7-8-9-10-11-12-13-15-21-16-14-17-22(18-21)24-19-23-20-25-23/h7-8,14,16-18,23H,2-6,9-13,15,19-20H2,1H3/b8-7+. The van der Waals surface area contributed by atoms with Crippen LogP contribution < -0.4 is 4.74 Å². The van der Waals surface area contributed by atoms with Gasteiger partial charge in [0.05, 0.1) is 6.61 Å². The molecular formula is C23H36O2. The monoisotopic (exact) mass is 344 g/mol. The highest BCUT2D eigenvalue weighted by Gasteiger charge is 2.22. The summed E-state index contributed by atoms with van der Waals surface area (Å²) >= 11 is 0. The maximum absolute atomic E-state index is 5.75. The fraction of sp³-hybridized carbons (Fsp3) is 0.652. The SMILES string of the molecule is CCCCCC/C=C/CCCCCCc1cccc(OCC2CO2)c1. The van der Waals surface area contributed by atoms with Gasteiger partial charge < -0.3 is 9.47 Å². The van der Waals surface area contributed by atoms with Crippen LogP contribution in [0.4, 0.5) is 0 Å². The first kappa shape index (κ1) is 20.0. The van der Waals surface area contributed by atoms with E-state index in [2.05, 4.69) is 37.3 Å². The predicted octanol–water partition coefficient (Wildman–Crippen LogP) is 6.48. The van der Waals surface area contributed by atoms with Gasteiger partial charge in [0.1, 0.15) is 18.5 Å². The number of allylic oxidation sites excluding steroid dienone is 2. The summed E-state index contributed by atoms with van der Waals surface area (Å²) in [6, 6.07) is 8.54. The van der Waals surface area contributed by atoms with Crippen molar-refractivity contribution in [2.45, 2.75) is 83.7 Å². The van der Waals surface area contributed by atoms with E-state index in [0.717, 1.165) is 18.8 Å². The van der Waals surface area contributed by atoms with Crippen LogP contribution in [0, 0.1) is 0 Å². The van der Waals surface area contributed by atoms with Gasteiger partial charge in [-0.3, -0.25) is 0 Å². The number of hydrogen-bond donors (Lipinski definition) is 0. The molecule has 140 valence electrons. The largest absolute Gasteiger partial charge is 0.491 e. The maximum atomic E-state index is 5.75. The van der Waals surface area contributed by atoms with E-state index in [1.165, 1.54) is 69.8 Å². The fourth-order valence-electron chi connectivity index (χ4n) is 3.01. The van der Waals surface area contributed by atoms with Crippen LogP contribution in [0.5, 0.6) is 5.75 Å².